The highest BCUT2D eigenvalue weighted by Crippen LogP contribution is 2.44. The second kappa shape index (κ2) is 5.97. The van der Waals surface area contributed by atoms with Crippen molar-refractivity contribution in [2.45, 2.75) is 19.3 Å². The molecule has 1 fully saturated rings. The number of carbonyl (C=O) groups excluding carboxylic acids is 1. The van der Waals surface area contributed by atoms with Crippen LogP contribution in [0.3, 0.4) is 0 Å². The van der Waals surface area contributed by atoms with E-state index in [4.69, 9.17) is 5.11 Å². The van der Waals surface area contributed by atoms with Crippen molar-refractivity contribution in [3.05, 3.63) is 41.7 Å². The van der Waals surface area contributed by atoms with Crippen LogP contribution in [-0.4, -0.2) is 24.2 Å². The van der Waals surface area contributed by atoms with Gasteiger partial charge in [-0.2, -0.15) is 0 Å². The van der Waals surface area contributed by atoms with Crippen molar-refractivity contribution in [3.8, 4) is 0 Å². The molecule has 102 valence electrons. The van der Waals surface area contributed by atoms with Gasteiger partial charge in [-0.25, -0.2) is 4.39 Å². The minimum absolute atomic E-state index is 0.0785. The predicted molar refractivity (Wildman–Crippen MR) is 71.8 cm³/mol. The Labute approximate surface area is 112 Å². The molecular weight excluding hydrogens is 245 g/mol. The van der Waals surface area contributed by atoms with E-state index >= 15 is 0 Å². The van der Waals surface area contributed by atoms with Gasteiger partial charge >= 0.3 is 0 Å². The first-order valence-electron chi connectivity index (χ1n) is 6.44. The Morgan fingerprint density at radius 3 is 2.79 bits per heavy atom. The van der Waals surface area contributed by atoms with Gasteiger partial charge in [0.05, 0.1) is 6.61 Å². The van der Waals surface area contributed by atoms with Gasteiger partial charge in [-0.3, -0.25) is 4.79 Å². The average Bonchev–Trinajstić information content (AvgIpc) is 3.19. The van der Waals surface area contributed by atoms with E-state index in [-0.39, 0.29) is 30.2 Å². The summed E-state index contributed by atoms with van der Waals surface area (Å²) in [5, 5.41) is 11.9. The van der Waals surface area contributed by atoms with Gasteiger partial charge in [0.2, 0.25) is 5.91 Å². The van der Waals surface area contributed by atoms with E-state index in [1.54, 1.807) is 30.4 Å². The molecule has 0 radical (unpaired) electrons. The molecule has 0 spiro atoms. The third-order valence-electron chi connectivity index (χ3n) is 3.46. The standard InChI is InChI=1S/C15H18FNO2/c16-13-6-2-1-4-12(13)5-3-7-14(19)17-10-15(11-18)8-9-15/h1-6,18H,7-11H2,(H,17,19)/b5-3+. The number of rotatable bonds is 6. The second-order valence-electron chi connectivity index (χ2n) is 5.06. The number of benzene rings is 1. The molecular formula is C15H18FNO2. The van der Waals surface area contributed by atoms with Crippen LogP contribution in [0.1, 0.15) is 24.8 Å². The number of nitrogens with one attached hydrogen (secondary N) is 1. The molecule has 0 heterocycles. The summed E-state index contributed by atoms with van der Waals surface area (Å²) in [5.41, 5.74) is 0.398. The van der Waals surface area contributed by atoms with Crippen LogP contribution in [0.5, 0.6) is 0 Å². The Hall–Kier alpha value is -1.68. The van der Waals surface area contributed by atoms with Crippen molar-refractivity contribution >= 4 is 12.0 Å². The summed E-state index contributed by atoms with van der Waals surface area (Å²) < 4.78 is 13.3. The molecule has 1 aromatic rings. The number of halogens is 1. The third kappa shape index (κ3) is 3.89. The van der Waals surface area contributed by atoms with Crippen molar-refractivity contribution in [2.75, 3.05) is 13.2 Å². The van der Waals surface area contributed by atoms with E-state index in [2.05, 4.69) is 5.32 Å². The third-order valence-corrected chi connectivity index (χ3v) is 3.46. The van der Waals surface area contributed by atoms with E-state index in [0.717, 1.165) is 12.8 Å². The SMILES string of the molecule is O=C(C/C=C/c1ccccc1F)NCC1(CO)CC1. The van der Waals surface area contributed by atoms with Crippen molar-refractivity contribution in [1.29, 1.82) is 0 Å². The van der Waals surface area contributed by atoms with E-state index in [1.165, 1.54) is 6.07 Å². The fourth-order valence-corrected chi connectivity index (χ4v) is 1.83. The number of aliphatic hydroxyl groups excluding tert-OH is 1. The van der Waals surface area contributed by atoms with Crippen LogP contribution >= 0.6 is 0 Å². The first kappa shape index (κ1) is 13.7. The number of aliphatic hydroxyl groups is 1. The van der Waals surface area contributed by atoms with Crippen molar-refractivity contribution < 1.29 is 14.3 Å². The fraction of sp³-hybridized carbons (Fsp3) is 0.400. The molecule has 0 saturated heterocycles. The second-order valence-corrected chi connectivity index (χ2v) is 5.06. The predicted octanol–water partition coefficient (Wildman–Crippen LogP) is 2.12. The molecule has 19 heavy (non-hydrogen) atoms. The summed E-state index contributed by atoms with van der Waals surface area (Å²) in [6.45, 7) is 0.647. The first-order chi connectivity index (χ1) is 9.15. The van der Waals surface area contributed by atoms with Gasteiger partial charge in [-0.1, -0.05) is 30.4 Å². The van der Waals surface area contributed by atoms with Crippen molar-refractivity contribution in [3.63, 3.8) is 0 Å². The van der Waals surface area contributed by atoms with Crippen LogP contribution < -0.4 is 5.32 Å². The van der Waals surface area contributed by atoms with Gasteiger partial charge in [-0.15, -0.1) is 0 Å². The maximum Gasteiger partial charge on any atom is 0.223 e. The molecule has 0 unspecified atom stereocenters. The maximum atomic E-state index is 13.3. The van der Waals surface area contributed by atoms with E-state index in [9.17, 15) is 9.18 Å². The van der Waals surface area contributed by atoms with Crippen LogP contribution in [-0.2, 0) is 4.79 Å². The van der Waals surface area contributed by atoms with Crippen LogP contribution in [0.15, 0.2) is 30.3 Å². The Morgan fingerprint density at radius 1 is 1.42 bits per heavy atom. The van der Waals surface area contributed by atoms with Gasteiger partial charge in [0.25, 0.3) is 0 Å². The zero-order valence-electron chi connectivity index (χ0n) is 10.7. The van der Waals surface area contributed by atoms with E-state index < -0.39 is 0 Å². The fourth-order valence-electron chi connectivity index (χ4n) is 1.83. The smallest absolute Gasteiger partial charge is 0.223 e. The van der Waals surface area contributed by atoms with E-state index in [0.29, 0.717) is 12.1 Å². The average molecular weight is 263 g/mol. The topological polar surface area (TPSA) is 49.3 Å². The summed E-state index contributed by atoms with van der Waals surface area (Å²) in [6, 6.07) is 6.43. The van der Waals surface area contributed by atoms with Gasteiger partial charge in [0.15, 0.2) is 0 Å². The molecule has 1 saturated carbocycles. The normalized spacial score (nSPS) is 16.5. The first-order valence-corrected chi connectivity index (χ1v) is 6.44. The molecule has 0 bridgehead atoms. The molecule has 1 amide bonds. The van der Waals surface area contributed by atoms with Crippen molar-refractivity contribution in [2.24, 2.45) is 5.41 Å². The number of carbonyl (C=O) groups is 1. The highest BCUT2D eigenvalue weighted by molar-refractivity contribution is 5.78. The minimum atomic E-state index is -0.295. The lowest BCUT2D eigenvalue weighted by molar-refractivity contribution is -0.120. The summed E-state index contributed by atoms with van der Waals surface area (Å²) in [5.74, 6) is -0.399. The molecule has 3 nitrogen and oxygen atoms in total. The van der Waals surface area contributed by atoms with Gasteiger partial charge in [0.1, 0.15) is 5.82 Å². The van der Waals surface area contributed by atoms with Gasteiger partial charge in [0, 0.05) is 23.9 Å². The summed E-state index contributed by atoms with van der Waals surface area (Å²) in [6.07, 6.45) is 5.40. The maximum absolute atomic E-state index is 13.3. The Bertz CT molecular complexity index is 481. The quantitative estimate of drug-likeness (QED) is 0.826. The Morgan fingerprint density at radius 2 is 2.16 bits per heavy atom. The zero-order valence-corrected chi connectivity index (χ0v) is 10.7. The lowest BCUT2D eigenvalue weighted by atomic mass is 10.1. The molecule has 0 aliphatic heterocycles. The highest BCUT2D eigenvalue weighted by Gasteiger charge is 2.41. The molecule has 1 aromatic carbocycles. The van der Waals surface area contributed by atoms with E-state index in [1.807, 2.05) is 0 Å². The molecule has 2 rings (SSSR count). The summed E-state index contributed by atoms with van der Waals surface area (Å²) in [7, 11) is 0. The summed E-state index contributed by atoms with van der Waals surface area (Å²) >= 11 is 0. The van der Waals surface area contributed by atoms with Crippen LogP contribution in [0.25, 0.3) is 6.08 Å². The Balaban J connectivity index is 1.76. The summed E-state index contributed by atoms with van der Waals surface area (Å²) in [4.78, 5) is 11.6. The zero-order chi connectivity index (χ0) is 13.7. The Kier molecular flexibility index (Phi) is 4.32. The van der Waals surface area contributed by atoms with Gasteiger partial charge in [-0.05, 0) is 18.9 Å². The number of hydrogen-bond donors (Lipinski definition) is 2. The molecule has 1 aliphatic rings. The molecule has 2 N–H and O–H groups in total. The highest BCUT2D eigenvalue weighted by atomic mass is 19.1. The van der Waals surface area contributed by atoms with Crippen LogP contribution in [0.4, 0.5) is 4.39 Å². The molecule has 4 heteroatoms. The molecule has 1 aliphatic carbocycles. The molecule has 0 aromatic heterocycles. The monoisotopic (exact) mass is 263 g/mol. The van der Waals surface area contributed by atoms with Crippen LogP contribution in [0, 0.1) is 11.2 Å². The number of amides is 1. The number of hydrogen-bond acceptors (Lipinski definition) is 2. The van der Waals surface area contributed by atoms with Crippen molar-refractivity contribution in [1.82, 2.24) is 5.32 Å². The lowest BCUT2D eigenvalue weighted by Crippen LogP contribution is -2.31. The largest absolute Gasteiger partial charge is 0.396 e. The minimum Gasteiger partial charge on any atom is -0.396 e. The van der Waals surface area contributed by atoms with Crippen LogP contribution in [0.2, 0.25) is 0 Å². The molecule has 0 atom stereocenters. The lowest BCUT2D eigenvalue weighted by Gasteiger charge is -2.11. The van der Waals surface area contributed by atoms with Gasteiger partial charge < -0.3 is 10.4 Å².